The van der Waals surface area contributed by atoms with Crippen LogP contribution in [0.1, 0.15) is 31.0 Å². The number of hydrogen-bond acceptors (Lipinski definition) is 6. The summed E-state index contributed by atoms with van der Waals surface area (Å²) in [4.78, 5) is 16.9. The number of fused-ring (bicyclic) bond motifs is 1. The van der Waals surface area contributed by atoms with Gasteiger partial charge in [0, 0.05) is 11.3 Å². The highest BCUT2D eigenvalue weighted by Gasteiger charge is 2.33. The minimum Gasteiger partial charge on any atom is -0.494 e. The van der Waals surface area contributed by atoms with E-state index in [1.54, 1.807) is 35.9 Å². The van der Waals surface area contributed by atoms with Crippen LogP contribution in [0.4, 0.5) is 5.95 Å². The van der Waals surface area contributed by atoms with E-state index < -0.39 is 11.9 Å². The average Bonchev–Trinajstić information content (AvgIpc) is 3.17. The summed E-state index contributed by atoms with van der Waals surface area (Å²) in [6.45, 7) is 4.30. The van der Waals surface area contributed by atoms with E-state index in [0.717, 1.165) is 16.9 Å². The summed E-state index contributed by atoms with van der Waals surface area (Å²) in [7, 11) is 0. The summed E-state index contributed by atoms with van der Waals surface area (Å²) in [5.41, 5.74) is 8.85. The van der Waals surface area contributed by atoms with Crippen molar-refractivity contribution >= 4 is 11.9 Å². The molecule has 0 bridgehead atoms. The molecule has 1 amide bonds. The molecule has 0 aliphatic carbocycles. The molecule has 150 valence electrons. The summed E-state index contributed by atoms with van der Waals surface area (Å²) in [6.07, 6.45) is 0. The molecule has 0 saturated carbocycles. The molecule has 8 heteroatoms. The third-order valence-electron chi connectivity index (χ3n) is 4.90. The molecule has 0 spiro atoms. The number of nitrogens with one attached hydrogen (secondary N) is 1. The Morgan fingerprint density at radius 1 is 1.23 bits per heavy atom. The monoisotopic (exact) mass is 400 g/mol. The Balaban J connectivity index is 1.79. The van der Waals surface area contributed by atoms with E-state index in [1.807, 2.05) is 31.2 Å². The number of anilines is 1. The van der Waals surface area contributed by atoms with Gasteiger partial charge >= 0.3 is 0 Å². The molecule has 30 heavy (non-hydrogen) atoms. The molecular weight excluding hydrogens is 380 g/mol. The minimum absolute atomic E-state index is 0.398. The summed E-state index contributed by atoms with van der Waals surface area (Å²) >= 11 is 0. The Bertz CT molecular complexity index is 1170. The predicted molar refractivity (Wildman–Crippen MR) is 111 cm³/mol. The maximum Gasteiger partial charge on any atom is 0.248 e. The number of hydrogen-bond donors (Lipinski definition) is 2. The van der Waals surface area contributed by atoms with Gasteiger partial charge in [-0.1, -0.05) is 12.1 Å². The first-order valence-electron chi connectivity index (χ1n) is 9.49. The molecule has 0 radical (unpaired) electrons. The molecule has 0 saturated heterocycles. The Labute approximate surface area is 173 Å². The first kappa shape index (κ1) is 19.2. The van der Waals surface area contributed by atoms with Gasteiger partial charge in [-0.2, -0.15) is 10.2 Å². The number of carbonyl (C=O) groups is 1. The summed E-state index contributed by atoms with van der Waals surface area (Å²) < 4.78 is 7.14. The third kappa shape index (κ3) is 3.37. The fourth-order valence-electron chi connectivity index (χ4n) is 3.51. The molecule has 3 N–H and O–H groups in total. The average molecular weight is 400 g/mol. The van der Waals surface area contributed by atoms with Gasteiger partial charge in [0.2, 0.25) is 11.9 Å². The van der Waals surface area contributed by atoms with Gasteiger partial charge in [-0.25, -0.2) is 4.68 Å². The lowest BCUT2D eigenvalue weighted by atomic mass is 9.95. The van der Waals surface area contributed by atoms with Gasteiger partial charge < -0.3 is 15.8 Å². The highest BCUT2D eigenvalue weighted by molar-refractivity contribution is 5.95. The quantitative estimate of drug-likeness (QED) is 0.680. The Morgan fingerprint density at radius 2 is 1.93 bits per heavy atom. The van der Waals surface area contributed by atoms with Crippen molar-refractivity contribution in [3.05, 3.63) is 70.9 Å². The largest absolute Gasteiger partial charge is 0.494 e. The van der Waals surface area contributed by atoms with Crippen LogP contribution in [0, 0.1) is 11.3 Å². The molecule has 8 nitrogen and oxygen atoms in total. The zero-order chi connectivity index (χ0) is 21.3. The molecule has 2 aromatic carbocycles. The van der Waals surface area contributed by atoms with Gasteiger partial charge in [-0.15, -0.1) is 5.10 Å². The lowest BCUT2D eigenvalue weighted by Gasteiger charge is -2.27. The number of nitrogens with zero attached hydrogens (tertiary/aromatic N) is 4. The van der Waals surface area contributed by atoms with Crippen molar-refractivity contribution in [3.63, 3.8) is 0 Å². The molecule has 1 aromatic heterocycles. The van der Waals surface area contributed by atoms with Crippen LogP contribution in [0.25, 0.3) is 11.4 Å². The van der Waals surface area contributed by atoms with Crippen molar-refractivity contribution in [3.8, 4) is 23.2 Å². The second-order valence-electron chi connectivity index (χ2n) is 6.83. The lowest BCUT2D eigenvalue weighted by Crippen LogP contribution is -2.31. The number of carbonyl (C=O) groups excluding carboxylic acids is 1. The van der Waals surface area contributed by atoms with Crippen LogP contribution in [0.3, 0.4) is 0 Å². The smallest absolute Gasteiger partial charge is 0.248 e. The van der Waals surface area contributed by atoms with Crippen molar-refractivity contribution in [1.82, 2.24) is 14.8 Å². The molecule has 1 aliphatic heterocycles. The Hall–Kier alpha value is -4.12. The normalized spacial score (nSPS) is 15.2. The molecule has 3 aromatic rings. The van der Waals surface area contributed by atoms with Crippen molar-refractivity contribution in [1.29, 1.82) is 5.26 Å². The molecule has 1 aliphatic rings. The van der Waals surface area contributed by atoms with Gasteiger partial charge in [0.15, 0.2) is 5.82 Å². The van der Waals surface area contributed by atoms with Crippen LogP contribution in [0.15, 0.2) is 59.8 Å². The highest BCUT2D eigenvalue weighted by atomic mass is 16.5. The summed E-state index contributed by atoms with van der Waals surface area (Å²) in [6, 6.07) is 16.1. The second kappa shape index (κ2) is 7.72. The van der Waals surface area contributed by atoms with Crippen LogP contribution >= 0.6 is 0 Å². The van der Waals surface area contributed by atoms with Gasteiger partial charge in [-0.05, 0) is 55.8 Å². The van der Waals surface area contributed by atoms with Crippen molar-refractivity contribution < 1.29 is 9.53 Å². The van der Waals surface area contributed by atoms with Crippen molar-refractivity contribution in [2.24, 2.45) is 5.73 Å². The lowest BCUT2D eigenvalue weighted by molar-refractivity contribution is -0.115. The molecular formula is C22H20N6O2. The zero-order valence-electron chi connectivity index (χ0n) is 16.6. The van der Waals surface area contributed by atoms with Gasteiger partial charge in [0.05, 0.1) is 23.8 Å². The van der Waals surface area contributed by atoms with Gasteiger partial charge in [0.25, 0.3) is 0 Å². The standard InChI is InChI=1S/C22H20N6O2/c1-3-30-17-10-8-16(9-11-17)21-26-22-25-13(2)18(20(24)29)19(28(22)27-21)15-6-4-14(12-23)5-7-15/h4-11,19H,3H2,1-2H3,(H2,24,29)(H,25,26,27). The number of ether oxygens (including phenoxy) is 1. The van der Waals surface area contributed by atoms with E-state index in [-0.39, 0.29) is 0 Å². The Kier molecular flexibility index (Phi) is 4.94. The SMILES string of the molecule is CCOc1ccc(-c2nc3n(n2)C(c2ccc(C#N)cc2)C(C(N)=O)=C(C)N3)cc1. The van der Waals surface area contributed by atoms with Crippen molar-refractivity contribution in [2.45, 2.75) is 19.9 Å². The third-order valence-corrected chi connectivity index (χ3v) is 4.90. The molecule has 1 unspecified atom stereocenters. The highest BCUT2D eigenvalue weighted by Crippen LogP contribution is 2.36. The minimum atomic E-state index is -0.546. The number of nitriles is 1. The van der Waals surface area contributed by atoms with Crippen LogP contribution in [0.5, 0.6) is 5.75 Å². The van der Waals surface area contributed by atoms with E-state index in [0.29, 0.717) is 35.2 Å². The first-order chi connectivity index (χ1) is 14.5. The van der Waals surface area contributed by atoms with E-state index >= 15 is 0 Å². The van der Waals surface area contributed by atoms with Gasteiger partial charge in [0.1, 0.15) is 11.8 Å². The fourth-order valence-corrected chi connectivity index (χ4v) is 3.51. The topological polar surface area (TPSA) is 119 Å². The van der Waals surface area contributed by atoms with Crippen LogP contribution in [0.2, 0.25) is 0 Å². The zero-order valence-corrected chi connectivity index (χ0v) is 16.6. The van der Waals surface area contributed by atoms with Gasteiger partial charge in [-0.3, -0.25) is 4.79 Å². The number of benzene rings is 2. The van der Waals surface area contributed by atoms with Crippen LogP contribution in [-0.4, -0.2) is 27.3 Å². The van der Waals surface area contributed by atoms with E-state index in [2.05, 4.69) is 21.5 Å². The van der Waals surface area contributed by atoms with Crippen molar-refractivity contribution in [2.75, 3.05) is 11.9 Å². The summed E-state index contributed by atoms with van der Waals surface area (Å²) in [5, 5.41) is 16.9. The number of amides is 1. The first-order valence-corrected chi connectivity index (χ1v) is 9.49. The number of nitrogens with two attached hydrogens (primary N) is 1. The summed E-state index contributed by atoms with van der Waals surface area (Å²) in [5.74, 6) is 1.25. The number of allylic oxidation sites excluding steroid dienone is 1. The molecule has 2 heterocycles. The number of primary amides is 1. The molecule has 0 fully saturated rings. The maximum absolute atomic E-state index is 12.3. The Morgan fingerprint density at radius 3 is 2.53 bits per heavy atom. The van der Waals surface area contributed by atoms with E-state index in [1.165, 1.54) is 0 Å². The fraction of sp³-hybridized carbons (Fsp3) is 0.182. The number of rotatable bonds is 5. The molecule has 1 atom stereocenters. The van der Waals surface area contributed by atoms with Crippen LogP contribution in [-0.2, 0) is 4.79 Å². The predicted octanol–water partition coefficient (Wildman–Crippen LogP) is 2.99. The maximum atomic E-state index is 12.3. The van der Waals surface area contributed by atoms with Crippen LogP contribution < -0.4 is 15.8 Å². The van der Waals surface area contributed by atoms with E-state index in [9.17, 15) is 4.79 Å². The molecule has 4 rings (SSSR count). The number of aromatic nitrogens is 3. The second-order valence-corrected chi connectivity index (χ2v) is 6.83. The van der Waals surface area contributed by atoms with E-state index in [4.69, 9.17) is 15.7 Å².